The van der Waals surface area contributed by atoms with Crippen LogP contribution in [0.15, 0.2) is 71.9 Å². The number of anilines is 1. The van der Waals surface area contributed by atoms with Crippen molar-refractivity contribution in [2.24, 2.45) is 7.05 Å². The molecule has 0 bridgehead atoms. The number of hydrogen-bond donors (Lipinski definition) is 1. The molecule has 0 radical (unpaired) electrons. The molecule has 2 aromatic carbocycles. The Kier molecular flexibility index (Phi) is 7.23. The van der Waals surface area contributed by atoms with Crippen molar-refractivity contribution >= 4 is 29.3 Å². The fourth-order valence-electron chi connectivity index (χ4n) is 4.26. The van der Waals surface area contributed by atoms with Crippen LogP contribution in [0.4, 0.5) is 5.69 Å². The highest BCUT2D eigenvalue weighted by Gasteiger charge is 2.34. The van der Waals surface area contributed by atoms with Gasteiger partial charge in [0, 0.05) is 31.0 Å². The third-order valence-electron chi connectivity index (χ3n) is 6.14. The predicted molar refractivity (Wildman–Crippen MR) is 135 cm³/mol. The van der Waals surface area contributed by atoms with Crippen LogP contribution >= 0.6 is 11.8 Å². The number of thioether (sulfide) groups is 1. The molecule has 3 aromatic rings. The van der Waals surface area contributed by atoms with E-state index < -0.39 is 6.04 Å². The molecule has 1 N–H and O–H groups in total. The molecule has 4 rings (SSSR count). The molecule has 0 spiro atoms. The SMILES string of the molecule is CC(C)c1cc(SCC(=O)N2CCC[C@H]2C(=O)Nc2ccccc2-c2ccccc2)n(C)c1. The molecule has 6 heteroatoms. The van der Waals surface area contributed by atoms with Crippen molar-refractivity contribution in [3.05, 3.63) is 72.4 Å². The number of aromatic nitrogens is 1. The van der Waals surface area contributed by atoms with Crippen LogP contribution in [0.5, 0.6) is 0 Å². The number of carbonyl (C=O) groups excluding carboxylic acids is 2. The molecule has 2 amide bonds. The first-order valence-corrected chi connectivity index (χ1v) is 12.5. The zero-order chi connectivity index (χ0) is 23.4. The van der Waals surface area contributed by atoms with Crippen molar-refractivity contribution < 1.29 is 9.59 Å². The molecule has 33 heavy (non-hydrogen) atoms. The molecular weight excluding hydrogens is 430 g/mol. The van der Waals surface area contributed by atoms with E-state index in [0.29, 0.717) is 24.6 Å². The van der Waals surface area contributed by atoms with Crippen LogP contribution in [0.25, 0.3) is 11.1 Å². The van der Waals surface area contributed by atoms with E-state index in [1.54, 1.807) is 4.90 Å². The highest BCUT2D eigenvalue weighted by Crippen LogP contribution is 2.30. The third-order valence-corrected chi connectivity index (χ3v) is 7.23. The molecule has 0 unspecified atom stereocenters. The van der Waals surface area contributed by atoms with Gasteiger partial charge in [-0.25, -0.2) is 0 Å². The first kappa shape index (κ1) is 23.2. The molecule has 1 aliphatic rings. The first-order chi connectivity index (χ1) is 15.9. The van der Waals surface area contributed by atoms with Gasteiger partial charge in [0.1, 0.15) is 6.04 Å². The maximum Gasteiger partial charge on any atom is 0.247 e. The van der Waals surface area contributed by atoms with Crippen LogP contribution in [0.3, 0.4) is 0 Å². The average Bonchev–Trinajstić information content (AvgIpc) is 3.46. The van der Waals surface area contributed by atoms with Gasteiger partial charge < -0.3 is 14.8 Å². The van der Waals surface area contributed by atoms with Crippen molar-refractivity contribution in [3.63, 3.8) is 0 Å². The number of carbonyl (C=O) groups is 2. The van der Waals surface area contributed by atoms with E-state index >= 15 is 0 Å². The fourth-order valence-corrected chi connectivity index (χ4v) is 5.18. The molecule has 1 aromatic heterocycles. The highest BCUT2D eigenvalue weighted by atomic mass is 32.2. The summed E-state index contributed by atoms with van der Waals surface area (Å²) in [5.74, 6) is 0.683. The molecule has 1 fully saturated rings. The summed E-state index contributed by atoms with van der Waals surface area (Å²) in [7, 11) is 2.01. The standard InChI is InChI=1S/C27H31N3O2S/c1-19(2)21-16-26(29(3)17-21)33-18-25(31)30-15-9-14-24(30)27(32)28-23-13-8-7-12-22(23)20-10-5-4-6-11-20/h4-8,10-13,16-17,19,24H,9,14-15,18H2,1-3H3,(H,28,32)/t24-/m0/s1. The summed E-state index contributed by atoms with van der Waals surface area (Å²) < 4.78 is 2.07. The normalized spacial score (nSPS) is 15.8. The lowest BCUT2D eigenvalue weighted by molar-refractivity contribution is -0.134. The average molecular weight is 462 g/mol. The van der Waals surface area contributed by atoms with E-state index in [4.69, 9.17) is 0 Å². The van der Waals surface area contributed by atoms with E-state index in [1.807, 2.05) is 61.6 Å². The van der Waals surface area contributed by atoms with Gasteiger partial charge >= 0.3 is 0 Å². The second kappa shape index (κ2) is 10.3. The van der Waals surface area contributed by atoms with Gasteiger partial charge in [-0.1, -0.05) is 74.1 Å². The van der Waals surface area contributed by atoms with E-state index in [9.17, 15) is 9.59 Å². The maximum atomic E-state index is 13.2. The lowest BCUT2D eigenvalue weighted by Crippen LogP contribution is -2.44. The Hall–Kier alpha value is -2.99. The Balaban J connectivity index is 1.42. The van der Waals surface area contributed by atoms with Gasteiger partial charge in [-0.15, -0.1) is 0 Å². The number of nitrogens with one attached hydrogen (secondary N) is 1. The van der Waals surface area contributed by atoms with E-state index in [1.165, 1.54) is 17.3 Å². The topological polar surface area (TPSA) is 54.3 Å². The molecule has 2 heterocycles. The number of likely N-dealkylation sites (tertiary alicyclic amines) is 1. The van der Waals surface area contributed by atoms with Crippen LogP contribution < -0.4 is 5.32 Å². The molecular formula is C27H31N3O2S. The summed E-state index contributed by atoms with van der Waals surface area (Å²) in [4.78, 5) is 28.0. The van der Waals surface area contributed by atoms with Gasteiger partial charge in [0.2, 0.25) is 11.8 Å². The van der Waals surface area contributed by atoms with Crippen LogP contribution in [0.2, 0.25) is 0 Å². The zero-order valence-corrected chi connectivity index (χ0v) is 20.3. The Morgan fingerprint density at radius 3 is 2.55 bits per heavy atom. The van der Waals surface area contributed by atoms with Gasteiger partial charge in [0.05, 0.1) is 10.8 Å². The molecule has 1 saturated heterocycles. The minimum Gasteiger partial charge on any atom is -0.346 e. The number of amides is 2. The number of benzene rings is 2. The minimum absolute atomic E-state index is 0.0151. The van der Waals surface area contributed by atoms with Gasteiger partial charge in [0.25, 0.3) is 0 Å². The quantitative estimate of drug-likeness (QED) is 0.470. The summed E-state index contributed by atoms with van der Waals surface area (Å²) >= 11 is 1.54. The van der Waals surface area contributed by atoms with Crippen molar-refractivity contribution in [1.29, 1.82) is 0 Å². The van der Waals surface area contributed by atoms with Gasteiger partial charge in [-0.3, -0.25) is 9.59 Å². The Morgan fingerprint density at radius 1 is 1.09 bits per heavy atom. The number of rotatable bonds is 7. The van der Waals surface area contributed by atoms with E-state index in [0.717, 1.165) is 28.3 Å². The number of nitrogens with zero attached hydrogens (tertiary/aromatic N) is 2. The Bertz CT molecular complexity index is 1120. The molecule has 172 valence electrons. The van der Waals surface area contributed by atoms with Crippen molar-refractivity contribution in [3.8, 4) is 11.1 Å². The first-order valence-electron chi connectivity index (χ1n) is 11.5. The number of hydrogen-bond acceptors (Lipinski definition) is 3. The van der Waals surface area contributed by atoms with Crippen LogP contribution in [-0.2, 0) is 16.6 Å². The molecule has 5 nitrogen and oxygen atoms in total. The predicted octanol–water partition coefficient (Wildman–Crippen LogP) is 5.54. The lowest BCUT2D eigenvalue weighted by atomic mass is 10.0. The summed E-state index contributed by atoms with van der Waals surface area (Å²) in [6.45, 7) is 4.96. The highest BCUT2D eigenvalue weighted by molar-refractivity contribution is 7.99. The molecule has 1 atom stereocenters. The second-order valence-electron chi connectivity index (χ2n) is 8.81. The summed E-state index contributed by atoms with van der Waals surface area (Å²) in [5, 5.41) is 4.16. The summed E-state index contributed by atoms with van der Waals surface area (Å²) in [6.07, 6.45) is 3.65. The largest absolute Gasteiger partial charge is 0.346 e. The van der Waals surface area contributed by atoms with Gasteiger partial charge in [0.15, 0.2) is 0 Å². The van der Waals surface area contributed by atoms with E-state index in [-0.39, 0.29) is 11.8 Å². The Morgan fingerprint density at radius 2 is 1.82 bits per heavy atom. The fraction of sp³-hybridized carbons (Fsp3) is 0.333. The minimum atomic E-state index is -0.429. The van der Waals surface area contributed by atoms with Gasteiger partial charge in [-0.05, 0) is 42.0 Å². The number of aryl methyl sites for hydroxylation is 1. The molecule has 1 aliphatic heterocycles. The van der Waals surface area contributed by atoms with Crippen LogP contribution in [0.1, 0.15) is 38.2 Å². The zero-order valence-electron chi connectivity index (χ0n) is 19.5. The number of para-hydroxylation sites is 1. The van der Waals surface area contributed by atoms with Crippen molar-refractivity contribution in [2.45, 2.75) is 43.7 Å². The smallest absolute Gasteiger partial charge is 0.247 e. The second-order valence-corrected chi connectivity index (χ2v) is 9.81. The Labute approximate surface area is 200 Å². The van der Waals surface area contributed by atoms with Crippen LogP contribution in [0, 0.1) is 0 Å². The third kappa shape index (κ3) is 5.33. The molecule has 0 aliphatic carbocycles. The maximum absolute atomic E-state index is 13.2. The van der Waals surface area contributed by atoms with Crippen LogP contribution in [-0.4, -0.2) is 39.6 Å². The molecule has 0 saturated carbocycles. The monoisotopic (exact) mass is 461 g/mol. The summed E-state index contributed by atoms with van der Waals surface area (Å²) in [5.41, 5.74) is 4.06. The van der Waals surface area contributed by atoms with Crippen molar-refractivity contribution in [2.75, 3.05) is 17.6 Å². The summed E-state index contributed by atoms with van der Waals surface area (Å²) in [6, 6.07) is 19.5. The van der Waals surface area contributed by atoms with Gasteiger partial charge in [-0.2, -0.15) is 0 Å². The van der Waals surface area contributed by atoms with Crippen molar-refractivity contribution in [1.82, 2.24) is 9.47 Å². The van der Waals surface area contributed by atoms with E-state index in [2.05, 4.69) is 36.0 Å². The lowest BCUT2D eigenvalue weighted by Gasteiger charge is -2.24.